The Morgan fingerprint density at radius 2 is 2.06 bits per heavy atom. The largest absolute Gasteiger partial charge is 0.489 e. The van der Waals surface area contributed by atoms with Gasteiger partial charge in [-0.25, -0.2) is 9.37 Å². The molecule has 4 aromatic rings. The molecule has 0 saturated carbocycles. The third-order valence-corrected chi connectivity index (χ3v) is 4.90. The van der Waals surface area contributed by atoms with Gasteiger partial charge in [0.05, 0.1) is 6.42 Å². The highest BCUT2D eigenvalue weighted by molar-refractivity contribution is 5.72. The van der Waals surface area contributed by atoms with Crippen LogP contribution in [0.4, 0.5) is 4.39 Å². The highest BCUT2D eigenvalue weighted by Gasteiger charge is 2.16. The molecule has 8 heteroatoms. The van der Waals surface area contributed by atoms with E-state index in [-0.39, 0.29) is 30.1 Å². The number of carbonyl (C=O) groups is 1. The molecule has 0 radical (unpaired) electrons. The van der Waals surface area contributed by atoms with Crippen LogP contribution < -0.4 is 9.47 Å². The number of hydrogen-bond acceptors (Lipinski definition) is 6. The number of halogens is 1. The third-order valence-electron chi connectivity index (χ3n) is 4.90. The standard InChI is InChI=1S/C24H17FN2O5/c1-14-16(8-24(28)29)3-2-4-21(14)32-22-10-17(9-19(25)18(22)11-26)30-12-15-5-6-20-23(7-15)31-13-27-20/h2-7,9-10,13H,8,12H2,1H3,(H,28,29). The minimum atomic E-state index is -0.979. The predicted molar refractivity (Wildman–Crippen MR) is 112 cm³/mol. The second-order valence-corrected chi connectivity index (χ2v) is 7.05. The topological polar surface area (TPSA) is 106 Å². The van der Waals surface area contributed by atoms with Crippen molar-refractivity contribution in [2.24, 2.45) is 0 Å². The second kappa shape index (κ2) is 8.78. The molecule has 0 aliphatic heterocycles. The lowest BCUT2D eigenvalue weighted by Crippen LogP contribution is -2.03. The maximum absolute atomic E-state index is 14.6. The first-order valence-electron chi connectivity index (χ1n) is 9.61. The Hall–Kier alpha value is -4.38. The fourth-order valence-corrected chi connectivity index (χ4v) is 3.23. The minimum Gasteiger partial charge on any atom is -0.489 e. The second-order valence-electron chi connectivity index (χ2n) is 7.05. The summed E-state index contributed by atoms with van der Waals surface area (Å²) in [5.74, 6) is -1.29. The minimum absolute atomic E-state index is 0.0243. The molecule has 1 aromatic heterocycles. The van der Waals surface area contributed by atoms with E-state index in [0.29, 0.717) is 28.0 Å². The van der Waals surface area contributed by atoms with Gasteiger partial charge in [-0.15, -0.1) is 0 Å². The van der Waals surface area contributed by atoms with E-state index in [1.807, 2.05) is 6.07 Å². The molecule has 7 nitrogen and oxygen atoms in total. The summed E-state index contributed by atoms with van der Waals surface area (Å²) in [6.45, 7) is 1.84. The molecule has 1 heterocycles. The summed E-state index contributed by atoms with van der Waals surface area (Å²) in [6, 6.07) is 14.7. The van der Waals surface area contributed by atoms with Crippen LogP contribution in [0.15, 0.2) is 59.3 Å². The summed E-state index contributed by atoms with van der Waals surface area (Å²) in [4.78, 5) is 15.1. The Bertz CT molecular complexity index is 1360. The summed E-state index contributed by atoms with van der Waals surface area (Å²) in [5, 5.41) is 18.5. The van der Waals surface area contributed by atoms with Gasteiger partial charge in [-0.3, -0.25) is 4.79 Å². The molecule has 0 amide bonds. The smallest absolute Gasteiger partial charge is 0.307 e. The van der Waals surface area contributed by atoms with Gasteiger partial charge in [-0.1, -0.05) is 18.2 Å². The molecule has 32 heavy (non-hydrogen) atoms. The zero-order chi connectivity index (χ0) is 22.7. The number of benzene rings is 3. The molecular formula is C24H17FN2O5. The van der Waals surface area contributed by atoms with Crippen LogP contribution >= 0.6 is 0 Å². The molecule has 1 N–H and O–H groups in total. The van der Waals surface area contributed by atoms with Crippen molar-refractivity contribution in [3.63, 3.8) is 0 Å². The summed E-state index contributed by atoms with van der Waals surface area (Å²) in [6.07, 6.45) is 1.17. The molecule has 0 bridgehead atoms. The van der Waals surface area contributed by atoms with Crippen molar-refractivity contribution in [2.45, 2.75) is 20.0 Å². The normalized spacial score (nSPS) is 10.7. The Balaban J connectivity index is 1.60. The average Bonchev–Trinajstić information content (AvgIpc) is 3.22. The maximum Gasteiger partial charge on any atom is 0.307 e. The molecule has 4 rings (SSSR count). The van der Waals surface area contributed by atoms with Crippen LogP contribution in [0.25, 0.3) is 11.1 Å². The van der Waals surface area contributed by atoms with Gasteiger partial charge < -0.3 is 19.0 Å². The number of hydrogen-bond donors (Lipinski definition) is 1. The van der Waals surface area contributed by atoms with Crippen LogP contribution in [-0.4, -0.2) is 16.1 Å². The molecule has 160 valence electrons. The van der Waals surface area contributed by atoms with Crippen LogP contribution in [0, 0.1) is 24.1 Å². The van der Waals surface area contributed by atoms with Gasteiger partial charge in [-0.2, -0.15) is 5.26 Å². The number of ether oxygens (including phenoxy) is 2. The number of nitriles is 1. The van der Waals surface area contributed by atoms with E-state index in [1.54, 1.807) is 43.3 Å². The van der Waals surface area contributed by atoms with Crippen molar-refractivity contribution < 1.29 is 28.2 Å². The Kier molecular flexibility index (Phi) is 5.73. The van der Waals surface area contributed by atoms with Crippen LogP contribution in [0.5, 0.6) is 17.2 Å². The predicted octanol–water partition coefficient (Wildman–Crippen LogP) is 5.15. The van der Waals surface area contributed by atoms with Crippen LogP contribution in [0.2, 0.25) is 0 Å². The number of nitrogens with zero attached hydrogens (tertiary/aromatic N) is 2. The molecule has 0 spiro atoms. The van der Waals surface area contributed by atoms with Crippen molar-refractivity contribution >= 4 is 17.1 Å². The third kappa shape index (κ3) is 4.37. The zero-order valence-corrected chi connectivity index (χ0v) is 17.0. The number of carboxylic acids is 1. The summed E-state index contributed by atoms with van der Waals surface area (Å²) in [5.41, 5.74) is 2.99. The van der Waals surface area contributed by atoms with E-state index in [4.69, 9.17) is 19.0 Å². The monoisotopic (exact) mass is 432 g/mol. The quantitative estimate of drug-likeness (QED) is 0.431. The number of oxazole rings is 1. The van der Waals surface area contributed by atoms with E-state index in [2.05, 4.69) is 4.98 Å². The molecule has 0 aliphatic carbocycles. The number of aliphatic carboxylic acids is 1. The van der Waals surface area contributed by atoms with Gasteiger partial charge in [0, 0.05) is 12.1 Å². The number of aromatic nitrogens is 1. The molecule has 0 fully saturated rings. The van der Waals surface area contributed by atoms with E-state index >= 15 is 0 Å². The first-order valence-corrected chi connectivity index (χ1v) is 9.61. The van der Waals surface area contributed by atoms with Gasteiger partial charge in [0.1, 0.15) is 41.1 Å². The van der Waals surface area contributed by atoms with E-state index in [1.165, 1.54) is 12.5 Å². The summed E-state index contributed by atoms with van der Waals surface area (Å²) >= 11 is 0. The van der Waals surface area contributed by atoms with Gasteiger partial charge >= 0.3 is 5.97 Å². The highest BCUT2D eigenvalue weighted by Crippen LogP contribution is 2.34. The fraction of sp³-hybridized carbons (Fsp3) is 0.125. The van der Waals surface area contributed by atoms with Crippen molar-refractivity contribution in [3.8, 4) is 23.3 Å². The van der Waals surface area contributed by atoms with Gasteiger partial charge in [0.15, 0.2) is 17.7 Å². The molecule has 0 unspecified atom stereocenters. The molecule has 0 atom stereocenters. The van der Waals surface area contributed by atoms with Gasteiger partial charge in [0.2, 0.25) is 0 Å². The van der Waals surface area contributed by atoms with Crippen molar-refractivity contribution in [3.05, 3.63) is 83.0 Å². The van der Waals surface area contributed by atoms with E-state index in [9.17, 15) is 14.4 Å². The average molecular weight is 432 g/mol. The van der Waals surface area contributed by atoms with Crippen LogP contribution in [-0.2, 0) is 17.8 Å². The maximum atomic E-state index is 14.6. The van der Waals surface area contributed by atoms with Crippen molar-refractivity contribution in [1.29, 1.82) is 5.26 Å². The van der Waals surface area contributed by atoms with Crippen LogP contribution in [0.3, 0.4) is 0 Å². The zero-order valence-electron chi connectivity index (χ0n) is 17.0. The van der Waals surface area contributed by atoms with Crippen molar-refractivity contribution in [1.82, 2.24) is 4.98 Å². The highest BCUT2D eigenvalue weighted by atomic mass is 19.1. The summed E-state index contributed by atoms with van der Waals surface area (Å²) in [7, 11) is 0. The number of fused-ring (bicyclic) bond motifs is 1. The molecule has 3 aromatic carbocycles. The Labute approximate surface area is 182 Å². The lowest BCUT2D eigenvalue weighted by atomic mass is 10.0. The van der Waals surface area contributed by atoms with E-state index in [0.717, 1.165) is 11.6 Å². The van der Waals surface area contributed by atoms with E-state index < -0.39 is 11.8 Å². The Morgan fingerprint density at radius 3 is 2.84 bits per heavy atom. The van der Waals surface area contributed by atoms with Gasteiger partial charge in [-0.05, 0) is 41.8 Å². The first-order chi connectivity index (χ1) is 15.4. The fourth-order valence-electron chi connectivity index (χ4n) is 3.23. The SMILES string of the molecule is Cc1c(CC(=O)O)cccc1Oc1cc(OCc2ccc3ncoc3c2)cc(F)c1C#N. The number of rotatable bonds is 7. The molecular weight excluding hydrogens is 415 g/mol. The first kappa shape index (κ1) is 20.9. The molecule has 0 saturated heterocycles. The summed E-state index contributed by atoms with van der Waals surface area (Å²) < 4.78 is 31.4. The van der Waals surface area contributed by atoms with Gasteiger partial charge in [0.25, 0.3) is 0 Å². The van der Waals surface area contributed by atoms with Crippen molar-refractivity contribution in [2.75, 3.05) is 0 Å². The Morgan fingerprint density at radius 1 is 1.22 bits per heavy atom. The van der Waals surface area contributed by atoms with Crippen LogP contribution in [0.1, 0.15) is 22.3 Å². The molecule has 0 aliphatic rings. The lowest BCUT2D eigenvalue weighted by molar-refractivity contribution is -0.136. The number of carboxylic acid groups (broad SMARTS) is 1. The lowest BCUT2D eigenvalue weighted by Gasteiger charge is -2.14.